The Balaban J connectivity index is 2.20. The molecule has 0 atom stereocenters. The summed E-state index contributed by atoms with van der Waals surface area (Å²) >= 11 is 0. The monoisotopic (exact) mass is 307 g/mol. The minimum Gasteiger partial charge on any atom is -0.453 e. The number of carbonyl (C=O) groups is 1. The highest BCUT2D eigenvalue weighted by Crippen LogP contribution is 2.23. The van der Waals surface area contributed by atoms with Crippen molar-refractivity contribution in [3.63, 3.8) is 0 Å². The molecule has 0 aliphatic rings. The fourth-order valence-electron chi connectivity index (χ4n) is 1.73. The van der Waals surface area contributed by atoms with Gasteiger partial charge in [-0.05, 0) is 42.3 Å². The van der Waals surface area contributed by atoms with Crippen LogP contribution < -0.4 is 4.72 Å². The highest BCUT2D eigenvalue weighted by molar-refractivity contribution is 7.89. The number of aldehydes is 1. The van der Waals surface area contributed by atoms with E-state index in [4.69, 9.17) is 4.42 Å². The summed E-state index contributed by atoms with van der Waals surface area (Å²) in [6, 6.07) is 9.57. The number of nitrogens with one attached hydrogen (secondary N) is 1. The molecular weight excluding hydrogens is 290 g/mol. The van der Waals surface area contributed by atoms with E-state index >= 15 is 0 Å². The number of hydrogen-bond acceptors (Lipinski definition) is 4. The van der Waals surface area contributed by atoms with Crippen LogP contribution in [-0.4, -0.2) is 21.2 Å². The largest absolute Gasteiger partial charge is 0.453 e. The van der Waals surface area contributed by atoms with Gasteiger partial charge in [0.2, 0.25) is 10.0 Å². The van der Waals surface area contributed by atoms with Crippen LogP contribution in [0.1, 0.15) is 24.4 Å². The number of rotatable bonds is 6. The Kier molecular flexibility index (Phi) is 4.59. The molecule has 1 heterocycles. The standard InChI is InChI=1S/C15H17NO4S/c1-11(2)9-16-21(18,19)14-6-3-12(4-7-14)15-8-5-13(10-17)20-15/h3-8,10-11,16H,9H2,1-2H3. The zero-order chi connectivity index (χ0) is 15.5. The lowest BCUT2D eigenvalue weighted by molar-refractivity contribution is 0.110. The molecule has 0 amide bonds. The van der Waals surface area contributed by atoms with Gasteiger partial charge >= 0.3 is 0 Å². The third-order valence-electron chi connectivity index (χ3n) is 2.87. The fraction of sp³-hybridized carbons (Fsp3) is 0.267. The van der Waals surface area contributed by atoms with Gasteiger partial charge in [0.25, 0.3) is 0 Å². The van der Waals surface area contributed by atoms with Crippen molar-refractivity contribution in [2.75, 3.05) is 6.54 Å². The van der Waals surface area contributed by atoms with Crippen molar-refractivity contribution in [3.8, 4) is 11.3 Å². The van der Waals surface area contributed by atoms with Crippen LogP contribution >= 0.6 is 0 Å². The normalized spacial score (nSPS) is 11.8. The molecule has 1 aromatic carbocycles. The van der Waals surface area contributed by atoms with Crippen LogP contribution in [0.3, 0.4) is 0 Å². The van der Waals surface area contributed by atoms with Crippen LogP contribution in [0.2, 0.25) is 0 Å². The summed E-state index contributed by atoms with van der Waals surface area (Å²) in [5.41, 5.74) is 0.714. The van der Waals surface area contributed by atoms with E-state index in [1.54, 1.807) is 24.3 Å². The number of sulfonamides is 1. The minimum absolute atomic E-state index is 0.203. The first-order valence-electron chi connectivity index (χ1n) is 6.57. The van der Waals surface area contributed by atoms with Gasteiger partial charge in [-0.3, -0.25) is 4.79 Å². The Morgan fingerprint density at radius 1 is 1.14 bits per heavy atom. The lowest BCUT2D eigenvalue weighted by Gasteiger charge is -2.09. The average Bonchev–Trinajstić information content (AvgIpc) is 2.94. The van der Waals surface area contributed by atoms with E-state index in [2.05, 4.69) is 4.72 Å². The first-order valence-corrected chi connectivity index (χ1v) is 8.06. The highest BCUT2D eigenvalue weighted by atomic mass is 32.2. The lowest BCUT2D eigenvalue weighted by Crippen LogP contribution is -2.27. The van der Waals surface area contributed by atoms with Gasteiger partial charge < -0.3 is 4.42 Å². The smallest absolute Gasteiger partial charge is 0.240 e. The molecule has 0 bridgehead atoms. The van der Waals surface area contributed by atoms with Crippen molar-refractivity contribution in [2.45, 2.75) is 18.7 Å². The first-order chi connectivity index (χ1) is 9.92. The Bertz CT molecular complexity index is 714. The van der Waals surface area contributed by atoms with Crippen molar-refractivity contribution in [3.05, 3.63) is 42.2 Å². The number of benzene rings is 1. The van der Waals surface area contributed by atoms with Gasteiger partial charge in [-0.15, -0.1) is 0 Å². The van der Waals surface area contributed by atoms with Crippen molar-refractivity contribution in [2.24, 2.45) is 5.92 Å². The van der Waals surface area contributed by atoms with E-state index in [-0.39, 0.29) is 16.6 Å². The molecule has 1 N–H and O–H groups in total. The maximum Gasteiger partial charge on any atom is 0.240 e. The predicted molar refractivity (Wildman–Crippen MR) is 79.6 cm³/mol. The molecule has 2 aromatic rings. The molecule has 112 valence electrons. The molecule has 5 nitrogen and oxygen atoms in total. The molecular formula is C15H17NO4S. The third kappa shape index (κ3) is 3.80. The fourth-order valence-corrected chi connectivity index (χ4v) is 2.94. The van der Waals surface area contributed by atoms with E-state index in [0.717, 1.165) is 0 Å². The van der Waals surface area contributed by atoms with Crippen LogP contribution in [0.15, 0.2) is 45.7 Å². The number of hydrogen-bond donors (Lipinski definition) is 1. The summed E-state index contributed by atoms with van der Waals surface area (Å²) in [5.74, 6) is 1.00. The SMILES string of the molecule is CC(C)CNS(=O)(=O)c1ccc(-c2ccc(C=O)o2)cc1. The quantitative estimate of drug-likeness (QED) is 0.832. The minimum atomic E-state index is -3.49. The summed E-state index contributed by atoms with van der Waals surface area (Å²) in [6.45, 7) is 4.27. The molecule has 0 unspecified atom stereocenters. The van der Waals surface area contributed by atoms with Gasteiger partial charge in [-0.25, -0.2) is 13.1 Å². The Morgan fingerprint density at radius 2 is 1.81 bits per heavy atom. The van der Waals surface area contributed by atoms with Gasteiger partial charge in [0.05, 0.1) is 4.90 Å². The zero-order valence-corrected chi connectivity index (χ0v) is 12.7. The predicted octanol–water partition coefficient (Wildman–Crippen LogP) is 2.69. The molecule has 0 aliphatic heterocycles. The van der Waals surface area contributed by atoms with Crippen molar-refractivity contribution < 1.29 is 17.6 Å². The van der Waals surface area contributed by atoms with Crippen LogP contribution in [0, 0.1) is 5.92 Å². The van der Waals surface area contributed by atoms with Crippen molar-refractivity contribution >= 4 is 16.3 Å². The van der Waals surface area contributed by atoms with E-state index in [0.29, 0.717) is 24.2 Å². The second-order valence-corrected chi connectivity index (χ2v) is 6.86. The summed E-state index contributed by atoms with van der Waals surface area (Å²) in [6.07, 6.45) is 0.623. The first kappa shape index (κ1) is 15.5. The molecule has 0 spiro atoms. The molecule has 0 saturated carbocycles. The second kappa shape index (κ2) is 6.24. The van der Waals surface area contributed by atoms with Gasteiger partial charge in [0.1, 0.15) is 5.76 Å². The summed E-state index contributed by atoms with van der Waals surface area (Å²) < 4.78 is 31.9. The van der Waals surface area contributed by atoms with Gasteiger partial charge in [-0.1, -0.05) is 13.8 Å². The Hall–Kier alpha value is -1.92. The molecule has 2 rings (SSSR count). The van der Waals surface area contributed by atoms with E-state index in [1.165, 1.54) is 12.1 Å². The van der Waals surface area contributed by atoms with Crippen LogP contribution in [0.25, 0.3) is 11.3 Å². The van der Waals surface area contributed by atoms with E-state index < -0.39 is 10.0 Å². The molecule has 21 heavy (non-hydrogen) atoms. The molecule has 0 radical (unpaired) electrons. The maximum absolute atomic E-state index is 12.1. The zero-order valence-electron chi connectivity index (χ0n) is 11.9. The molecule has 0 fully saturated rings. The van der Waals surface area contributed by atoms with Crippen molar-refractivity contribution in [1.29, 1.82) is 0 Å². The van der Waals surface area contributed by atoms with Crippen LogP contribution in [0.4, 0.5) is 0 Å². The topological polar surface area (TPSA) is 76.4 Å². The van der Waals surface area contributed by atoms with Crippen molar-refractivity contribution in [1.82, 2.24) is 4.72 Å². The average molecular weight is 307 g/mol. The van der Waals surface area contributed by atoms with Gasteiger partial charge in [-0.2, -0.15) is 0 Å². The van der Waals surface area contributed by atoms with E-state index in [1.807, 2.05) is 13.8 Å². The Morgan fingerprint density at radius 3 is 2.33 bits per heavy atom. The van der Waals surface area contributed by atoms with Crippen LogP contribution in [-0.2, 0) is 10.0 Å². The molecule has 0 saturated heterocycles. The summed E-state index contributed by atoms with van der Waals surface area (Å²) in [4.78, 5) is 10.8. The third-order valence-corrected chi connectivity index (χ3v) is 4.31. The number of carbonyl (C=O) groups excluding carboxylic acids is 1. The van der Waals surface area contributed by atoms with E-state index in [9.17, 15) is 13.2 Å². The van der Waals surface area contributed by atoms with Crippen LogP contribution in [0.5, 0.6) is 0 Å². The molecule has 1 aromatic heterocycles. The molecule has 6 heteroatoms. The van der Waals surface area contributed by atoms with Gasteiger partial charge in [0.15, 0.2) is 12.0 Å². The van der Waals surface area contributed by atoms with Gasteiger partial charge in [0, 0.05) is 12.1 Å². The second-order valence-electron chi connectivity index (χ2n) is 5.09. The summed E-state index contributed by atoms with van der Waals surface area (Å²) in [7, 11) is -3.49. The summed E-state index contributed by atoms with van der Waals surface area (Å²) in [5, 5.41) is 0. The molecule has 0 aliphatic carbocycles. The number of furan rings is 1. The Labute approximate surface area is 124 Å². The lowest BCUT2D eigenvalue weighted by atomic mass is 10.2. The highest BCUT2D eigenvalue weighted by Gasteiger charge is 2.14. The maximum atomic E-state index is 12.1.